The Morgan fingerprint density at radius 1 is 1.54 bits per heavy atom. The van der Waals surface area contributed by atoms with E-state index in [1.165, 1.54) is 21.2 Å². The van der Waals surface area contributed by atoms with Crippen molar-refractivity contribution in [1.29, 1.82) is 0 Å². The molecule has 1 heterocycles. The molecule has 1 aliphatic heterocycles. The summed E-state index contributed by atoms with van der Waals surface area (Å²) < 4.78 is 22.1. The number of carbonyl (C=O) groups excluding carboxylic acids is 2. The number of hydrogen-bond acceptors (Lipinski definition) is 4. The van der Waals surface area contributed by atoms with E-state index in [1.54, 1.807) is 6.92 Å². The van der Waals surface area contributed by atoms with Gasteiger partial charge in [0.15, 0.2) is 5.25 Å². The lowest BCUT2D eigenvalue weighted by Crippen LogP contribution is -2.33. The fourth-order valence-corrected chi connectivity index (χ4v) is 3.11. The van der Waals surface area contributed by atoms with Crippen LogP contribution in [-0.4, -0.2) is 36.9 Å². The maximum Gasteiger partial charge on any atom is 0.248 e. The summed E-state index contributed by atoms with van der Waals surface area (Å²) >= 11 is 1.20. The minimum absolute atomic E-state index is 0.210. The van der Waals surface area contributed by atoms with Gasteiger partial charge in [-0.1, -0.05) is 0 Å². The summed E-state index contributed by atoms with van der Waals surface area (Å²) in [4.78, 5) is 23.4. The van der Waals surface area contributed by atoms with Gasteiger partial charge in [0.1, 0.15) is 0 Å². The smallest absolute Gasteiger partial charge is 0.248 e. The highest BCUT2D eigenvalue weighted by molar-refractivity contribution is 14.2. The van der Waals surface area contributed by atoms with Crippen molar-refractivity contribution in [2.45, 2.75) is 18.6 Å². The zero-order valence-electron chi connectivity index (χ0n) is 6.86. The maximum absolute atomic E-state index is 11.3. The molecule has 5 nitrogen and oxygen atoms in total. The third kappa shape index (κ3) is 2.01. The van der Waals surface area contributed by atoms with E-state index in [0.717, 1.165) is 4.90 Å². The van der Waals surface area contributed by atoms with E-state index in [1.807, 2.05) is 0 Å². The molecule has 7 heteroatoms. The molecule has 0 bridgehead atoms. The summed E-state index contributed by atoms with van der Waals surface area (Å²) in [5, 5.41) is -1.17. The summed E-state index contributed by atoms with van der Waals surface area (Å²) in [6.07, 6.45) is -0.210. The van der Waals surface area contributed by atoms with Crippen molar-refractivity contribution in [3.63, 3.8) is 0 Å². The molecule has 1 fully saturated rings. The molecule has 13 heavy (non-hydrogen) atoms. The number of nitrogens with zero attached hydrogens (tertiary/aromatic N) is 1. The summed E-state index contributed by atoms with van der Waals surface area (Å²) in [6, 6.07) is 0. The highest BCUT2D eigenvalue weighted by Crippen LogP contribution is 2.23. The highest BCUT2D eigenvalue weighted by atomic mass is 127. The van der Waals surface area contributed by atoms with Gasteiger partial charge in [0.25, 0.3) is 0 Å². The van der Waals surface area contributed by atoms with Crippen LogP contribution in [0.4, 0.5) is 0 Å². The Hall–Kier alpha value is -0.180. The Labute approximate surface area is 88.0 Å². The lowest BCUT2D eigenvalue weighted by atomic mass is 10.4. The van der Waals surface area contributed by atoms with Crippen LogP contribution in [-0.2, 0) is 16.6 Å². The minimum Gasteiger partial charge on any atom is -0.282 e. The van der Waals surface area contributed by atoms with Gasteiger partial charge in [-0.3, -0.25) is 14.5 Å². The number of carbonyl (C=O) groups is 2. The van der Waals surface area contributed by atoms with Crippen molar-refractivity contribution in [2.24, 2.45) is 0 Å². The van der Waals surface area contributed by atoms with Crippen LogP contribution in [0.2, 0.25) is 0 Å². The maximum atomic E-state index is 11.3. The number of amides is 2. The van der Waals surface area contributed by atoms with Crippen LogP contribution in [0.25, 0.3) is 0 Å². The van der Waals surface area contributed by atoms with E-state index in [0.29, 0.717) is 0 Å². The van der Waals surface area contributed by atoms with Crippen molar-refractivity contribution in [3.8, 4) is 0 Å². The lowest BCUT2D eigenvalue weighted by Gasteiger charge is -2.09. The predicted octanol–water partition coefficient (Wildman–Crippen LogP) is -0.101. The van der Waals surface area contributed by atoms with Gasteiger partial charge >= 0.3 is 0 Å². The molecule has 74 valence electrons. The van der Waals surface area contributed by atoms with Crippen molar-refractivity contribution < 1.29 is 18.0 Å². The molecule has 2 amide bonds. The van der Waals surface area contributed by atoms with Gasteiger partial charge < -0.3 is 0 Å². The van der Waals surface area contributed by atoms with Gasteiger partial charge in [-0.2, -0.15) is 0 Å². The Kier molecular flexibility index (Phi) is 2.95. The quantitative estimate of drug-likeness (QED) is 0.405. The Balaban J connectivity index is 2.99. The first kappa shape index (κ1) is 10.9. The van der Waals surface area contributed by atoms with Gasteiger partial charge in [0.05, 0.1) is 27.6 Å². The Bertz CT molecular complexity index is 350. The molecule has 1 rings (SSSR count). The summed E-state index contributed by atoms with van der Waals surface area (Å²) in [5.74, 6) is -1.00. The van der Waals surface area contributed by atoms with Crippen molar-refractivity contribution in [2.75, 3.05) is 6.54 Å². The minimum atomic E-state index is -3.47. The molecule has 0 radical (unpaired) electrons. The first-order chi connectivity index (χ1) is 5.88. The largest absolute Gasteiger partial charge is 0.282 e. The van der Waals surface area contributed by atoms with Crippen molar-refractivity contribution in [1.82, 2.24) is 4.90 Å². The number of rotatable bonds is 2. The van der Waals surface area contributed by atoms with E-state index >= 15 is 0 Å². The van der Waals surface area contributed by atoms with E-state index in [2.05, 4.69) is 0 Å². The average Bonchev–Trinajstić information content (AvgIpc) is 2.25. The van der Waals surface area contributed by atoms with Crippen LogP contribution in [0.5, 0.6) is 0 Å². The van der Waals surface area contributed by atoms with Crippen LogP contribution in [0.1, 0.15) is 13.3 Å². The average molecular weight is 317 g/mol. The molecular formula is C6H8INO4S. The van der Waals surface area contributed by atoms with Crippen LogP contribution >= 0.6 is 21.2 Å². The topological polar surface area (TPSA) is 71.5 Å². The van der Waals surface area contributed by atoms with Gasteiger partial charge in [-0.15, -0.1) is 0 Å². The molecular weight excluding hydrogens is 309 g/mol. The lowest BCUT2D eigenvalue weighted by molar-refractivity contribution is -0.137. The third-order valence-electron chi connectivity index (χ3n) is 1.86. The van der Waals surface area contributed by atoms with Gasteiger partial charge in [-0.05, 0) is 6.92 Å². The number of hydrogen-bond donors (Lipinski definition) is 0. The molecule has 0 N–H and O–H groups in total. The van der Waals surface area contributed by atoms with Gasteiger partial charge in [0, 0.05) is 6.54 Å². The van der Waals surface area contributed by atoms with E-state index in [9.17, 15) is 18.0 Å². The van der Waals surface area contributed by atoms with Crippen LogP contribution in [0.15, 0.2) is 0 Å². The molecule has 0 aromatic heterocycles. The fraction of sp³-hybridized carbons (Fsp3) is 0.667. The normalized spacial score (nSPS) is 24.2. The molecule has 0 saturated carbocycles. The van der Waals surface area contributed by atoms with Gasteiger partial charge in [0.2, 0.25) is 18.8 Å². The second kappa shape index (κ2) is 3.52. The van der Waals surface area contributed by atoms with Crippen LogP contribution in [0.3, 0.4) is 0 Å². The molecule has 1 saturated heterocycles. The molecule has 0 aliphatic carbocycles. The van der Waals surface area contributed by atoms with Gasteiger partial charge in [-0.25, -0.2) is 8.42 Å². The van der Waals surface area contributed by atoms with E-state index in [-0.39, 0.29) is 13.0 Å². The predicted molar refractivity (Wildman–Crippen MR) is 53.7 cm³/mol. The molecule has 1 atom stereocenters. The summed E-state index contributed by atoms with van der Waals surface area (Å²) in [7, 11) is -3.47. The molecule has 1 unspecified atom stereocenters. The molecule has 0 spiro atoms. The summed E-state index contributed by atoms with van der Waals surface area (Å²) in [5.41, 5.74) is 0. The Morgan fingerprint density at radius 3 is 2.31 bits per heavy atom. The summed E-state index contributed by atoms with van der Waals surface area (Å²) in [6.45, 7) is 1.87. The monoisotopic (exact) mass is 317 g/mol. The zero-order valence-corrected chi connectivity index (χ0v) is 9.83. The first-order valence-electron chi connectivity index (χ1n) is 3.65. The Morgan fingerprint density at radius 2 is 2.08 bits per heavy atom. The van der Waals surface area contributed by atoms with Crippen LogP contribution in [0, 0.1) is 0 Å². The van der Waals surface area contributed by atoms with Crippen LogP contribution < -0.4 is 0 Å². The molecule has 0 aromatic rings. The molecule has 0 aromatic carbocycles. The fourth-order valence-electron chi connectivity index (χ4n) is 1.20. The number of likely N-dealkylation sites (tertiary alicyclic amines) is 1. The first-order valence-corrected chi connectivity index (χ1v) is 7.74. The number of halogens is 1. The standard InChI is InChI=1S/C6H8INO4S/c1-2-8-5(9)3-4(6(8)10)13(7,11)12/h4H,2-3H2,1H3. The highest BCUT2D eigenvalue weighted by Gasteiger charge is 2.44. The second-order valence-electron chi connectivity index (χ2n) is 2.64. The third-order valence-corrected chi connectivity index (χ3v) is 4.75. The zero-order chi connectivity index (χ0) is 10.2. The van der Waals surface area contributed by atoms with Crippen molar-refractivity contribution in [3.05, 3.63) is 0 Å². The van der Waals surface area contributed by atoms with E-state index in [4.69, 9.17) is 0 Å². The SMILES string of the molecule is CCN1C(=O)CC(S(=O)(=O)I)C1=O. The second-order valence-corrected chi connectivity index (χ2v) is 7.85. The van der Waals surface area contributed by atoms with E-state index < -0.39 is 24.1 Å². The number of imide groups is 1. The van der Waals surface area contributed by atoms with Crippen molar-refractivity contribution >= 4 is 40.0 Å². The molecule has 1 aliphatic rings.